The summed E-state index contributed by atoms with van der Waals surface area (Å²) in [5, 5.41) is 5.20. The SMILES string of the molecule is CCc1nn(-c2cccc(C)c2)c(N2CCN(C)CC2)c1CN(CC)Cc1cc(C)ccc1C. The molecule has 1 aliphatic heterocycles. The van der Waals surface area contributed by atoms with Gasteiger partial charge in [-0.1, -0.05) is 49.7 Å². The van der Waals surface area contributed by atoms with E-state index in [1.54, 1.807) is 0 Å². The van der Waals surface area contributed by atoms with E-state index in [0.29, 0.717) is 0 Å². The van der Waals surface area contributed by atoms with Crippen molar-refractivity contribution < 1.29 is 0 Å². The summed E-state index contributed by atoms with van der Waals surface area (Å²) in [7, 11) is 2.22. The van der Waals surface area contributed by atoms with E-state index in [2.05, 4.69) is 104 Å². The normalized spacial score (nSPS) is 14.9. The van der Waals surface area contributed by atoms with Gasteiger partial charge in [0.1, 0.15) is 5.82 Å². The molecule has 0 N–H and O–H groups in total. The number of nitrogens with zero attached hydrogens (tertiary/aromatic N) is 5. The summed E-state index contributed by atoms with van der Waals surface area (Å²) in [4.78, 5) is 7.55. The number of aromatic nitrogens is 2. The number of hydrogen-bond acceptors (Lipinski definition) is 4. The van der Waals surface area contributed by atoms with Gasteiger partial charge < -0.3 is 9.80 Å². The van der Waals surface area contributed by atoms with Gasteiger partial charge in [0.15, 0.2) is 0 Å². The molecule has 0 saturated carbocycles. The van der Waals surface area contributed by atoms with Gasteiger partial charge >= 0.3 is 0 Å². The zero-order chi connectivity index (χ0) is 24.2. The molecule has 5 nitrogen and oxygen atoms in total. The lowest BCUT2D eigenvalue weighted by molar-refractivity contribution is 0.269. The maximum Gasteiger partial charge on any atom is 0.137 e. The largest absolute Gasteiger partial charge is 0.354 e. The molecule has 4 rings (SSSR count). The predicted octanol–water partition coefficient (Wildman–Crippen LogP) is 5.13. The third kappa shape index (κ3) is 5.37. The Labute approximate surface area is 206 Å². The summed E-state index contributed by atoms with van der Waals surface area (Å²) >= 11 is 0. The highest BCUT2D eigenvalue weighted by atomic mass is 15.4. The molecule has 1 aliphatic rings. The van der Waals surface area contributed by atoms with Crippen LogP contribution in [-0.2, 0) is 19.5 Å². The molecular formula is C29H41N5. The minimum atomic E-state index is 0.917. The topological polar surface area (TPSA) is 27.5 Å². The number of hydrogen-bond donors (Lipinski definition) is 0. The number of benzene rings is 2. The minimum absolute atomic E-state index is 0.917. The van der Waals surface area contributed by atoms with Crippen LogP contribution in [0.4, 0.5) is 5.82 Å². The first kappa shape index (κ1) is 24.5. The third-order valence-electron chi connectivity index (χ3n) is 7.15. The van der Waals surface area contributed by atoms with E-state index in [0.717, 1.165) is 57.9 Å². The summed E-state index contributed by atoms with van der Waals surface area (Å²) in [6.07, 6.45) is 0.940. The Morgan fingerprint density at radius 1 is 0.882 bits per heavy atom. The van der Waals surface area contributed by atoms with Crippen LogP contribution in [-0.4, -0.2) is 59.4 Å². The quantitative estimate of drug-likeness (QED) is 0.467. The van der Waals surface area contributed by atoms with Gasteiger partial charge in [-0.25, -0.2) is 4.68 Å². The van der Waals surface area contributed by atoms with Crippen LogP contribution in [0.1, 0.15) is 47.4 Å². The highest BCUT2D eigenvalue weighted by molar-refractivity contribution is 5.56. The van der Waals surface area contributed by atoms with Gasteiger partial charge in [0.05, 0.1) is 11.4 Å². The molecule has 0 bridgehead atoms. The van der Waals surface area contributed by atoms with E-state index >= 15 is 0 Å². The number of piperazine rings is 1. The van der Waals surface area contributed by atoms with Gasteiger partial charge in [-0.15, -0.1) is 0 Å². The third-order valence-corrected chi connectivity index (χ3v) is 7.15. The van der Waals surface area contributed by atoms with Crippen LogP contribution in [0.2, 0.25) is 0 Å². The van der Waals surface area contributed by atoms with Crippen molar-refractivity contribution in [2.75, 3.05) is 44.7 Å². The molecule has 0 radical (unpaired) electrons. The summed E-state index contributed by atoms with van der Waals surface area (Å²) in [6, 6.07) is 15.6. The second-order valence-electron chi connectivity index (χ2n) is 9.88. The average Bonchev–Trinajstić information content (AvgIpc) is 3.19. The molecule has 0 spiro atoms. The predicted molar refractivity (Wildman–Crippen MR) is 143 cm³/mol. The molecular weight excluding hydrogens is 418 g/mol. The lowest BCUT2D eigenvalue weighted by Gasteiger charge is -2.35. The van der Waals surface area contributed by atoms with E-state index in [4.69, 9.17) is 5.10 Å². The van der Waals surface area contributed by atoms with Crippen molar-refractivity contribution in [3.05, 3.63) is 76.0 Å². The lowest BCUT2D eigenvalue weighted by atomic mass is 10.0. The Balaban J connectivity index is 1.74. The fourth-order valence-corrected chi connectivity index (χ4v) is 4.93. The van der Waals surface area contributed by atoms with Crippen LogP contribution in [0.25, 0.3) is 5.69 Å². The van der Waals surface area contributed by atoms with E-state index < -0.39 is 0 Å². The summed E-state index contributed by atoms with van der Waals surface area (Å²) in [5.74, 6) is 1.29. The number of anilines is 1. The summed E-state index contributed by atoms with van der Waals surface area (Å²) < 4.78 is 2.22. The van der Waals surface area contributed by atoms with Crippen LogP contribution in [0.15, 0.2) is 42.5 Å². The first-order valence-electron chi connectivity index (χ1n) is 12.8. The van der Waals surface area contributed by atoms with Gasteiger partial charge in [-0.05, 0) is 69.6 Å². The van der Waals surface area contributed by atoms with Gasteiger partial charge in [0.25, 0.3) is 0 Å². The Bertz CT molecular complexity index is 1110. The van der Waals surface area contributed by atoms with E-state index in [9.17, 15) is 0 Å². The Morgan fingerprint density at radius 3 is 2.29 bits per heavy atom. The molecule has 182 valence electrons. The molecule has 2 aromatic carbocycles. The van der Waals surface area contributed by atoms with Crippen molar-refractivity contribution in [1.82, 2.24) is 19.6 Å². The Morgan fingerprint density at radius 2 is 1.62 bits per heavy atom. The Hall–Kier alpha value is -2.63. The maximum atomic E-state index is 5.20. The zero-order valence-corrected chi connectivity index (χ0v) is 21.9. The second-order valence-corrected chi connectivity index (χ2v) is 9.88. The molecule has 2 heterocycles. The van der Waals surface area contributed by atoms with Crippen molar-refractivity contribution in [3.8, 4) is 5.69 Å². The highest BCUT2D eigenvalue weighted by Gasteiger charge is 2.26. The van der Waals surface area contributed by atoms with Crippen LogP contribution < -0.4 is 4.90 Å². The van der Waals surface area contributed by atoms with Gasteiger partial charge in [-0.2, -0.15) is 5.10 Å². The van der Waals surface area contributed by atoms with Gasteiger partial charge in [0.2, 0.25) is 0 Å². The summed E-state index contributed by atoms with van der Waals surface area (Å²) in [5.41, 5.74) is 9.16. The molecule has 1 aromatic heterocycles. The molecule has 0 aliphatic carbocycles. The smallest absolute Gasteiger partial charge is 0.137 e. The second kappa shape index (κ2) is 10.7. The molecule has 1 fully saturated rings. The Kier molecular flexibility index (Phi) is 7.74. The van der Waals surface area contributed by atoms with Gasteiger partial charge in [-0.3, -0.25) is 4.90 Å². The van der Waals surface area contributed by atoms with Crippen LogP contribution in [0, 0.1) is 20.8 Å². The van der Waals surface area contributed by atoms with Crippen LogP contribution in [0.5, 0.6) is 0 Å². The van der Waals surface area contributed by atoms with Crippen molar-refractivity contribution >= 4 is 5.82 Å². The lowest BCUT2D eigenvalue weighted by Crippen LogP contribution is -2.45. The van der Waals surface area contributed by atoms with E-state index in [1.165, 1.54) is 39.3 Å². The standard InChI is InChI=1S/C29H41N5/c1-7-28-27(21-32(8-2)20-25-18-23(4)12-13-24(25)5)29(33-16-14-31(6)15-17-33)34(30-28)26-11-9-10-22(3)19-26/h9-13,18-19H,7-8,14-17,20-21H2,1-6H3. The van der Waals surface area contributed by atoms with Gasteiger partial charge in [0, 0.05) is 44.8 Å². The number of likely N-dealkylation sites (N-methyl/N-ethyl adjacent to an activating group) is 1. The minimum Gasteiger partial charge on any atom is -0.354 e. The highest BCUT2D eigenvalue weighted by Crippen LogP contribution is 2.31. The maximum absolute atomic E-state index is 5.20. The number of aryl methyl sites for hydroxylation is 4. The van der Waals surface area contributed by atoms with E-state index in [1.807, 2.05) is 0 Å². The van der Waals surface area contributed by atoms with Crippen molar-refractivity contribution in [2.24, 2.45) is 0 Å². The molecule has 1 saturated heterocycles. The molecule has 5 heteroatoms. The van der Waals surface area contributed by atoms with Crippen molar-refractivity contribution in [3.63, 3.8) is 0 Å². The molecule has 34 heavy (non-hydrogen) atoms. The monoisotopic (exact) mass is 459 g/mol. The van der Waals surface area contributed by atoms with Crippen molar-refractivity contribution in [1.29, 1.82) is 0 Å². The fraction of sp³-hybridized carbons (Fsp3) is 0.483. The molecule has 3 aromatic rings. The molecule has 0 amide bonds. The molecule has 0 unspecified atom stereocenters. The molecule has 0 atom stereocenters. The average molecular weight is 460 g/mol. The van der Waals surface area contributed by atoms with Crippen molar-refractivity contribution in [2.45, 2.75) is 54.1 Å². The fourth-order valence-electron chi connectivity index (χ4n) is 4.93. The first-order chi connectivity index (χ1) is 16.4. The first-order valence-corrected chi connectivity index (χ1v) is 12.8. The summed E-state index contributed by atoms with van der Waals surface area (Å²) in [6.45, 7) is 18.2. The van der Waals surface area contributed by atoms with Crippen LogP contribution >= 0.6 is 0 Å². The van der Waals surface area contributed by atoms with Crippen LogP contribution in [0.3, 0.4) is 0 Å². The number of rotatable bonds is 8. The zero-order valence-electron chi connectivity index (χ0n) is 21.9. The van der Waals surface area contributed by atoms with E-state index in [-0.39, 0.29) is 0 Å².